The van der Waals surface area contributed by atoms with Gasteiger partial charge in [0.15, 0.2) is 6.23 Å². The molecule has 0 fully saturated rings. The summed E-state index contributed by atoms with van der Waals surface area (Å²) in [4.78, 5) is 21.5. The molecule has 0 aliphatic rings. The van der Waals surface area contributed by atoms with Gasteiger partial charge in [-0.25, -0.2) is 4.79 Å². The molecular formula is C12H12NNaO4S. The number of carboxylic acid groups (broad SMARTS) is 1. The third kappa shape index (κ3) is 5.74. The van der Waals surface area contributed by atoms with E-state index in [2.05, 4.69) is 11.9 Å². The van der Waals surface area contributed by atoms with Crippen LogP contribution in [0.2, 0.25) is 0 Å². The van der Waals surface area contributed by atoms with Crippen molar-refractivity contribution in [2.75, 3.05) is 7.11 Å². The molecule has 0 radical (unpaired) electrons. The molecule has 1 rings (SSSR count). The minimum absolute atomic E-state index is 0. The molecule has 0 bridgehead atoms. The zero-order valence-electron chi connectivity index (χ0n) is 10.8. The van der Waals surface area contributed by atoms with Gasteiger partial charge in [0.25, 0.3) is 0 Å². The Bertz CT molecular complexity index is 494. The first kappa shape index (κ1) is 18.1. The normalized spacial score (nSPS) is 10.8. The van der Waals surface area contributed by atoms with Crippen LogP contribution >= 0.6 is 11.3 Å². The van der Waals surface area contributed by atoms with E-state index in [1.807, 2.05) is 0 Å². The number of carboxylic acids is 1. The molecule has 1 heterocycles. The molecular weight excluding hydrogens is 277 g/mol. The number of allylic oxidation sites excluding steroid dienone is 1. The Kier molecular flexibility index (Phi) is 8.67. The molecule has 1 N–H and O–H groups in total. The van der Waals surface area contributed by atoms with Crippen molar-refractivity contribution in [1.82, 2.24) is 5.32 Å². The van der Waals surface area contributed by atoms with Crippen molar-refractivity contribution in [1.29, 1.82) is 0 Å². The first-order chi connectivity index (χ1) is 8.58. The molecule has 19 heavy (non-hydrogen) atoms. The van der Waals surface area contributed by atoms with Crippen molar-refractivity contribution in [3.8, 4) is 0 Å². The Hall–Kier alpha value is -0.880. The SMILES string of the molecule is C=C(C=C=O)NC(OC)c1sccc1CC(=O)[O-].[Na+]. The van der Waals surface area contributed by atoms with Crippen LogP contribution < -0.4 is 40.0 Å². The summed E-state index contributed by atoms with van der Waals surface area (Å²) in [5.74, 6) is 0.439. The second-order valence-corrected chi connectivity index (χ2v) is 4.35. The van der Waals surface area contributed by atoms with E-state index < -0.39 is 12.2 Å². The second-order valence-electron chi connectivity index (χ2n) is 3.41. The molecule has 0 spiro atoms. The van der Waals surface area contributed by atoms with E-state index in [9.17, 15) is 14.7 Å². The van der Waals surface area contributed by atoms with Crippen molar-refractivity contribution >= 4 is 23.2 Å². The van der Waals surface area contributed by atoms with E-state index >= 15 is 0 Å². The van der Waals surface area contributed by atoms with E-state index in [4.69, 9.17) is 4.74 Å². The van der Waals surface area contributed by atoms with Crippen LogP contribution in [0, 0.1) is 0 Å². The average Bonchev–Trinajstić information content (AvgIpc) is 2.73. The molecule has 1 aromatic heterocycles. The smallest absolute Gasteiger partial charge is 0.550 e. The second kappa shape index (κ2) is 9.09. The summed E-state index contributed by atoms with van der Waals surface area (Å²) >= 11 is 1.35. The van der Waals surface area contributed by atoms with Crippen LogP contribution in [0.15, 0.2) is 29.8 Å². The molecule has 7 heteroatoms. The number of methoxy groups -OCH3 is 1. The van der Waals surface area contributed by atoms with Gasteiger partial charge in [0.2, 0.25) is 0 Å². The monoisotopic (exact) mass is 289 g/mol. The Balaban J connectivity index is 0.00000324. The molecule has 0 aromatic carbocycles. The third-order valence-electron chi connectivity index (χ3n) is 2.14. The fraction of sp³-hybridized carbons (Fsp3) is 0.250. The Morgan fingerprint density at radius 1 is 1.74 bits per heavy atom. The van der Waals surface area contributed by atoms with Gasteiger partial charge in [0.05, 0.1) is 4.88 Å². The van der Waals surface area contributed by atoms with Crippen LogP contribution in [0.5, 0.6) is 0 Å². The molecule has 0 saturated heterocycles. The third-order valence-corrected chi connectivity index (χ3v) is 3.14. The van der Waals surface area contributed by atoms with Crippen molar-refractivity contribution in [2.24, 2.45) is 0 Å². The quantitative estimate of drug-likeness (QED) is 0.254. The zero-order valence-corrected chi connectivity index (χ0v) is 13.6. The number of hydrogen-bond acceptors (Lipinski definition) is 6. The van der Waals surface area contributed by atoms with E-state index in [0.717, 1.165) is 6.08 Å². The molecule has 0 saturated carbocycles. The van der Waals surface area contributed by atoms with Crippen molar-refractivity contribution in [3.05, 3.63) is 40.2 Å². The number of ether oxygens (including phenoxy) is 1. The summed E-state index contributed by atoms with van der Waals surface area (Å²) < 4.78 is 5.21. The van der Waals surface area contributed by atoms with E-state index in [1.165, 1.54) is 18.4 Å². The maximum absolute atomic E-state index is 10.6. The Morgan fingerprint density at radius 3 is 2.95 bits per heavy atom. The standard InChI is InChI=1S/C12H13NO4S.Na/c1-8(3-5-14)13-12(17-2)11-9(4-6-18-11)7-10(15)16;/h3-4,6,12-13H,1,7H2,2H3,(H,15,16);/q;+1/p-1. The van der Waals surface area contributed by atoms with Gasteiger partial charge in [-0.05, 0) is 17.0 Å². The summed E-state index contributed by atoms with van der Waals surface area (Å²) in [6.07, 6.45) is 0.394. The fourth-order valence-corrected chi connectivity index (χ4v) is 2.34. The van der Waals surface area contributed by atoms with Gasteiger partial charge in [-0.15, -0.1) is 11.3 Å². The summed E-state index contributed by atoms with van der Waals surface area (Å²) in [5.41, 5.74) is 0.951. The van der Waals surface area contributed by atoms with Gasteiger partial charge in [0.1, 0.15) is 5.94 Å². The largest absolute Gasteiger partial charge is 1.00 e. The van der Waals surface area contributed by atoms with E-state index in [0.29, 0.717) is 16.1 Å². The van der Waals surface area contributed by atoms with Crippen LogP contribution in [0.4, 0.5) is 0 Å². The van der Waals surface area contributed by atoms with Crippen LogP contribution in [0.3, 0.4) is 0 Å². The molecule has 0 aliphatic heterocycles. The number of nitrogens with one attached hydrogen (secondary N) is 1. The predicted octanol–water partition coefficient (Wildman–Crippen LogP) is -2.82. The summed E-state index contributed by atoms with van der Waals surface area (Å²) in [6, 6.07) is 1.70. The van der Waals surface area contributed by atoms with Gasteiger partial charge in [-0.1, -0.05) is 6.58 Å². The molecule has 1 aromatic rings. The number of carbonyl (C=O) groups is 1. The van der Waals surface area contributed by atoms with E-state index in [-0.39, 0.29) is 36.0 Å². The van der Waals surface area contributed by atoms with Crippen LogP contribution in [0.1, 0.15) is 16.7 Å². The molecule has 0 amide bonds. The fourth-order valence-electron chi connectivity index (χ4n) is 1.39. The van der Waals surface area contributed by atoms with Crippen molar-refractivity contribution < 1.29 is 49.0 Å². The van der Waals surface area contributed by atoms with Crippen LogP contribution in [0.25, 0.3) is 0 Å². The molecule has 1 unspecified atom stereocenters. The predicted molar refractivity (Wildman–Crippen MR) is 65.3 cm³/mol. The maximum Gasteiger partial charge on any atom is 1.00 e. The minimum Gasteiger partial charge on any atom is -0.550 e. The molecule has 0 aliphatic carbocycles. The van der Waals surface area contributed by atoms with Gasteiger partial charge in [-0.2, -0.15) is 0 Å². The number of hydrogen-bond donors (Lipinski definition) is 1. The van der Waals surface area contributed by atoms with Gasteiger partial charge in [0, 0.05) is 31.3 Å². The first-order valence-electron chi connectivity index (χ1n) is 5.03. The summed E-state index contributed by atoms with van der Waals surface area (Å²) in [6.45, 7) is 3.60. The zero-order chi connectivity index (χ0) is 13.5. The van der Waals surface area contributed by atoms with E-state index in [1.54, 1.807) is 17.4 Å². The van der Waals surface area contributed by atoms with Gasteiger partial charge in [-0.3, -0.25) is 0 Å². The topological polar surface area (TPSA) is 78.5 Å². The molecule has 96 valence electrons. The first-order valence-corrected chi connectivity index (χ1v) is 5.91. The average molecular weight is 289 g/mol. The van der Waals surface area contributed by atoms with Crippen molar-refractivity contribution in [2.45, 2.75) is 12.6 Å². The number of rotatable bonds is 7. The number of aliphatic carboxylic acids is 1. The minimum atomic E-state index is -1.16. The molecule has 5 nitrogen and oxygen atoms in total. The van der Waals surface area contributed by atoms with Crippen molar-refractivity contribution in [3.63, 3.8) is 0 Å². The summed E-state index contributed by atoms with van der Waals surface area (Å²) in [7, 11) is 1.47. The van der Waals surface area contributed by atoms with Gasteiger partial charge < -0.3 is 20.0 Å². The molecule has 1 atom stereocenters. The number of carbonyl (C=O) groups excluding carboxylic acids is 2. The Labute approximate surface area is 137 Å². The maximum atomic E-state index is 10.6. The Morgan fingerprint density at radius 2 is 2.42 bits per heavy atom. The number of thiophene rings is 1. The van der Waals surface area contributed by atoms with Gasteiger partial charge >= 0.3 is 29.6 Å². The summed E-state index contributed by atoms with van der Waals surface area (Å²) in [5, 5.41) is 15.2. The van der Waals surface area contributed by atoms with Crippen LogP contribution in [-0.2, 0) is 20.7 Å². The van der Waals surface area contributed by atoms with Crippen LogP contribution in [-0.4, -0.2) is 19.0 Å².